The third kappa shape index (κ3) is 5.24. The van der Waals surface area contributed by atoms with E-state index in [4.69, 9.17) is 9.26 Å². The lowest BCUT2D eigenvalue weighted by Crippen LogP contribution is -2.21. The standard InChI is InChI=1S/C19H19N3O4S/c1-3-13-4-6-14(7-5-13)19-20-15(11-27-19)9-18(24)25-10-17(23)21-16-8-12(2)26-22-16/h4-8,11H,3,9-10H2,1-2H3,(H,21,22,23). The lowest BCUT2D eigenvalue weighted by atomic mass is 10.1. The van der Waals surface area contributed by atoms with Crippen LogP contribution in [0.5, 0.6) is 0 Å². The van der Waals surface area contributed by atoms with Crippen molar-refractivity contribution in [1.82, 2.24) is 10.1 Å². The molecular weight excluding hydrogens is 366 g/mol. The van der Waals surface area contributed by atoms with Gasteiger partial charge in [-0.1, -0.05) is 36.3 Å². The molecule has 0 unspecified atom stereocenters. The van der Waals surface area contributed by atoms with Gasteiger partial charge in [0.25, 0.3) is 5.91 Å². The number of hydrogen-bond acceptors (Lipinski definition) is 7. The molecule has 0 atom stereocenters. The van der Waals surface area contributed by atoms with Crippen molar-refractivity contribution in [3.8, 4) is 10.6 Å². The topological polar surface area (TPSA) is 94.3 Å². The molecule has 2 heterocycles. The van der Waals surface area contributed by atoms with E-state index in [0.29, 0.717) is 11.5 Å². The smallest absolute Gasteiger partial charge is 0.312 e. The summed E-state index contributed by atoms with van der Waals surface area (Å²) in [4.78, 5) is 28.1. The van der Waals surface area contributed by atoms with Crippen LogP contribution in [0.15, 0.2) is 40.2 Å². The van der Waals surface area contributed by atoms with E-state index >= 15 is 0 Å². The van der Waals surface area contributed by atoms with Crippen LogP contribution in [0.2, 0.25) is 0 Å². The maximum Gasteiger partial charge on any atom is 0.312 e. The fraction of sp³-hybridized carbons (Fsp3) is 0.263. The molecule has 27 heavy (non-hydrogen) atoms. The maximum absolute atomic E-state index is 11.9. The summed E-state index contributed by atoms with van der Waals surface area (Å²) in [5, 5.41) is 8.79. The van der Waals surface area contributed by atoms with Crippen LogP contribution in [-0.2, 0) is 27.2 Å². The predicted molar refractivity (Wildman–Crippen MR) is 101 cm³/mol. The van der Waals surface area contributed by atoms with Gasteiger partial charge in [0.05, 0.1) is 12.1 Å². The van der Waals surface area contributed by atoms with Crippen LogP contribution in [0, 0.1) is 6.92 Å². The van der Waals surface area contributed by atoms with Crippen molar-refractivity contribution >= 4 is 29.0 Å². The van der Waals surface area contributed by atoms with E-state index in [-0.39, 0.29) is 18.8 Å². The van der Waals surface area contributed by atoms with Gasteiger partial charge in [-0.2, -0.15) is 0 Å². The van der Waals surface area contributed by atoms with Crippen LogP contribution in [0.1, 0.15) is 23.9 Å². The number of nitrogens with one attached hydrogen (secondary N) is 1. The van der Waals surface area contributed by atoms with Crippen LogP contribution < -0.4 is 5.32 Å². The second-order valence-electron chi connectivity index (χ2n) is 5.90. The second kappa shape index (κ2) is 8.59. The van der Waals surface area contributed by atoms with Crippen LogP contribution in [0.25, 0.3) is 10.6 Å². The number of esters is 1. The highest BCUT2D eigenvalue weighted by Gasteiger charge is 2.13. The molecule has 1 amide bonds. The SMILES string of the molecule is CCc1ccc(-c2nc(CC(=O)OCC(=O)Nc3cc(C)on3)cs2)cc1. The minimum atomic E-state index is -0.514. The fourth-order valence-corrected chi connectivity index (χ4v) is 3.18. The number of amides is 1. The van der Waals surface area contributed by atoms with Crippen LogP contribution in [-0.4, -0.2) is 28.6 Å². The number of ether oxygens (including phenoxy) is 1. The minimum absolute atomic E-state index is 0.0138. The molecule has 1 aromatic carbocycles. The van der Waals surface area contributed by atoms with E-state index in [9.17, 15) is 9.59 Å². The monoisotopic (exact) mass is 385 g/mol. The predicted octanol–water partition coefficient (Wildman–Crippen LogP) is 3.39. The molecule has 0 bridgehead atoms. The molecule has 0 fully saturated rings. The first-order valence-electron chi connectivity index (χ1n) is 8.46. The molecule has 3 aromatic rings. The number of aryl methyl sites for hydroxylation is 2. The molecule has 0 aliphatic heterocycles. The average Bonchev–Trinajstić information content (AvgIpc) is 3.29. The summed E-state index contributed by atoms with van der Waals surface area (Å²) in [5.74, 6) is -0.135. The Morgan fingerprint density at radius 1 is 1.26 bits per heavy atom. The minimum Gasteiger partial charge on any atom is -0.455 e. The summed E-state index contributed by atoms with van der Waals surface area (Å²) < 4.78 is 9.83. The molecule has 0 aliphatic carbocycles. The van der Waals surface area contributed by atoms with Gasteiger partial charge in [-0.25, -0.2) is 4.98 Å². The zero-order chi connectivity index (χ0) is 19.2. The molecule has 8 heteroatoms. The van der Waals surface area contributed by atoms with Gasteiger partial charge in [0.2, 0.25) is 0 Å². The van der Waals surface area contributed by atoms with Crippen LogP contribution in [0.4, 0.5) is 5.82 Å². The van der Waals surface area contributed by atoms with E-state index in [1.807, 2.05) is 17.5 Å². The molecule has 0 radical (unpaired) electrons. The number of anilines is 1. The number of aromatic nitrogens is 2. The van der Waals surface area contributed by atoms with Gasteiger partial charge in [0.1, 0.15) is 10.8 Å². The molecule has 3 rings (SSSR count). The van der Waals surface area contributed by atoms with Gasteiger partial charge in [-0.3, -0.25) is 9.59 Å². The number of hydrogen-bond donors (Lipinski definition) is 1. The molecule has 140 valence electrons. The molecule has 2 aromatic heterocycles. The van der Waals surface area contributed by atoms with Crippen LogP contribution >= 0.6 is 11.3 Å². The quantitative estimate of drug-likeness (QED) is 0.627. The Morgan fingerprint density at radius 2 is 2.04 bits per heavy atom. The summed E-state index contributed by atoms with van der Waals surface area (Å²) in [7, 11) is 0. The zero-order valence-corrected chi connectivity index (χ0v) is 15.8. The number of nitrogens with zero attached hydrogens (tertiary/aromatic N) is 2. The van der Waals surface area contributed by atoms with Gasteiger partial charge in [-0.15, -0.1) is 11.3 Å². The highest BCUT2D eigenvalue weighted by Crippen LogP contribution is 2.24. The summed E-state index contributed by atoms with van der Waals surface area (Å²) in [5.41, 5.74) is 2.89. The molecule has 1 N–H and O–H groups in total. The Labute approximate surface area is 160 Å². The zero-order valence-electron chi connectivity index (χ0n) is 15.0. The molecular formula is C19H19N3O4S. The highest BCUT2D eigenvalue weighted by molar-refractivity contribution is 7.13. The van der Waals surface area contributed by atoms with Gasteiger partial charge in [0, 0.05) is 17.0 Å². The first-order chi connectivity index (χ1) is 13.0. The van der Waals surface area contributed by atoms with Crippen molar-refractivity contribution in [2.24, 2.45) is 0 Å². The van der Waals surface area contributed by atoms with Crippen molar-refractivity contribution in [3.63, 3.8) is 0 Å². The van der Waals surface area contributed by atoms with Crippen molar-refractivity contribution in [2.75, 3.05) is 11.9 Å². The molecule has 0 aliphatic rings. The van der Waals surface area contributed by atoms with E-state index in [2.05, 4.69) is 34.5 Å². The van der Waals surface area contributed by atoms with Gasteiger partial charge >= 0.3 is 5.97 Å². The van der Waals surface area contributed by atoms with Gasteiger partial charge in [0.15, 0.2) is 12.4 Å². The first kappa shape index (κ1) is 18.8. The Hall–Kier alpha value is -3.00. The van der Waals surface area contributed by atoms with E-state index in [1.54, 1.807) is 13.0 Å². The lowest BCUT2D eigenvalue weighted by molar-refractivity contribution is -0.146. The van der Waals surface area contributed by atoms with Crippen molar-refractivity contribution in [2.45, 2.75) is 26.7 Å². The Bertz CT molecular complexity index is 931. The number of benzene rings is 1. The van der Waals surface area contributed by atoms with Crippen molar-refractivity contribution in [3.05, 3.63) is 52.7 Å². The number of carbonyl (C=O) groups excluding carboxylic acids is 2. The summed E-state index contributed by atoms with van der Waals surface area (Å²) in [6.45, 7) is 3.43. The van der Waals surface area contributed by atoms with E-state index < -0.39 is 11.9 Å². The number of rotatable bonds is 7. The van der Waals surface area contributed by atoms with Gasteiger partial charge < -0.3 is 14.6 Å². The third-order valence-electron chi connectivity index (χ3n) is 3.75. The van der Waals surface area contributed by atoms with E-state index in [1.165, 1.54) is 16.9 Å². The lowest BCUT2D eigenvalue weighted by Gasteiger charge is -2.03. The second-order valence-corrected chi connectivity index (χ2v) is 6.76. The first-order valence-corrected chi connectivity index (χ1v) is 9.34. The largest absolute Gasteiger partial charge is 0.455 e. The maximum atomic E-state index is 11.9. The molecule has 0 saturated heterocycles. The van der Waals surface area contributed by atoms with E-state index in [0.717, 1.165) is 17.0 Å². The number of carbonyl (C=O) groups is 2. The van der Waals surface area contributed by atoms with Crippen LogP contribution in [0.3, 0.4) is 0 Å². The summed E-state index contributed by atoms with van der Waals surface area (Å²) >= 11 is 1.47. The third-order valence-corrected chi connectivity index (χ3v) is 4.69. The molecule has 0 saturated carbocycles. The highest BCUT2D eigenvalue weighted by atomic mass is 32.1. The normalized spacial score (nSPS) is 10.6. The Morgan fingerprint density at radius 3 is 2.70 bits per heavy atom. The Kier molecular flexibility index (Phi) is 5.97. The van der Waals surface area contributed by atoms with Crippen molar-refractivity contribution in [1.29, 1.82) is 0 Å². The average molecular weight is 385 g/mol. The van der Waals surface area contributed by atoms with Crippen molar-refractivity contribution < 1.29 is 18.8 Å². The number of thiazole rings is 1. The Balaban J connectivity index is 1.49. The summed E-state index contributed by atoms with van der Waals surface area (Å²) in [6, 6.07) is 9.76. The molecule has 0 spiro atoms. The van der Waals surface area contributed by atoms with Gasteiger partial charge in [-0.05, 0) is 18.9 Å². The fourth-order valence-electron chi connectivity index (χ4n) is 2.35. The summed E-state index contributed by atoms with van der Waals surface area (Å²) in [6.07, 6.45) is 0.999. The molecule has 7 nitrogen and oxygen atoms in total.